The van der Waals surface area contributed by atoms with Crippen molar-refractivity contribution in [2.45, 2.75) is 13.1 Å². The van der Waals surface area contributed by atoms with E-state index >= 15 is 0 Å². The molecule has 126 valence electrons. The number of carbonyl (C=O) groups excluding carboxylic acids is 1. The van der Waals surface area contributed by atoms with E-state index < -0.39 is 0 Å². The third kappa shape index (κ3) is 2.83. The Balaban J connectivity index is 1.61. The highest BCUT2D eigenvalue weighted by Gasteiger charge is 2.27. The van der Waals surface area contributed by atoms with E-state index in [9.17, 15) is 4.79 Å². The summed E-state index contributed by atoms with van der Waals surface area (Å²) in [6.45, 7) is 5.33. The Bertz CT molecular complexity index is 952. The predicted octanol–water partition coefficient (Wildman–Crippen LogP) is 2.75. The topological polar surface area (TPSA) is 76.8 Å². The van der Waals surface area contributed by atoms with E-state index in [-0.39, 0.29) is 5.91 Å². The second kappa shape index (κ2) is 6.38. The Hall–Kier alpha value is -2.58. The van der Waals surface area contributed by atoms with E-state index in [2.05, 4.69) is 26.1 Å². The number of halogens is 1. The van der Waals surface area contributed by atoms with Crippen molar-refractivity contribution in [3.05, 3.63) is 53.1 Å². The molecule has 1 amide bonds. The maximum Gasteiger partial charge on any atom is 0.254 e. The minimum Gasteiger partial charge on any atom is -0.329 e. The molecule has 3 heterocycles. The summed E-state index contributed by atoms with van der Waals surface area (Å²) in [6.07, 6.45) is 3.14. The van der Waals surface area contributed by atoms with Gasteiger partial charge in [-0.15, -0.1) is 10.2 Å². The van der Waals surface area contributed by atoms with Crippen molar-refractivity contribution in [1.82, 2.24) is 29.0 Å². The van der Waals surface area contributed by atoms with Crippen molar-refractivity contribution < 1.29 is 4.79 Å². The van der Waals surface area contributed by atoms with Crippen LogP contribution >= 0.6 is 23.1 Å². The van der Waals surface area contributed by atoms with Gasteiger partial charge in [0.15, 0.2) is 16.7 Å². The zero-order chi connectivity index (χ0) is 17.4. The lowest BCUT2D eigenvalue weighted by Gasteiger charge is -2.28. The van der Waals surface area contributed by atoms with Crippen LogP contribution in [0.4, 0.5) is 0 Å². The van der Waals surface area contributed by atoms with Gasteiger partial charge in [-0.05, 0) is 35.3 Å². The molecule has 2 aromatic heterocycles. The number of amides is 1. The summed E-state index contributed by atoms with van der Waals surface area (Å²) in [7, 11) is 0. The molecule has 7 nitrogen and oxygen atoms in total. The summed E-state index contributed by atoms with van der Waals surface area (Å²) in [5.41, 5.74) is 1.30. The van der Waals surface area contributed by atoms with Crippen LogP contribution in [-0.2, 0) is 13.1 Å². The van der Waals surface area contributed by atoms with Gasteiger partial charge in [0.1, 0.15) is 6.33 Å². The van der Waals surface area contributed by atoms with E-state index in [0.717, 1.165) is 16.4 Å². The molecule has 1 aliphatic heterocycles. The lowest BCUT2D eigenvalue weighted by molar-refractivity contribution is 0.0708. The maximum atomic E-state index is 12.9. The molecule has 0 radical (unpaired) electrons. The Morgan fingerprint density at radius 1 is 1.32 bits per heavy atom. The zero-order valence-electron chi connectivity index (χ0n) is 13.1. The monoisotopic (exact) mass is 372 g/mol. The van der Waals surface area contributed by atoms with Gasteiger partial charge in [0.05, 0.1) is 6.54 Å². The third-order valence-electron chi connectivity index (χ3n) is 4.06. The van der Waals surface area contributed by atoms with Crippen LogP contribution < -0.4 is 0 Å². The van der Waals surface area contributed by atoms with Gasteiger partial charge in [-0.3, -0.25) is 4.79 Å². The van der Waals surface area contributed by atoms with Crippen molar-refractivity contribution in [1.29, 1.82) is 0 Å². The average Bonchev–Trinajstić information content (AvgIpc) is 3.29. The number of nitrogens with zero attached hydrogens (tertiary/aromatic N) is 6. The highest BCUT2D eigenvalue weighted by atomic mass is 35.5. The predicted molar refractivity (Wildman–Crippen MR) is 95.2 cm³/mol. The van der Waals surface area contributed by atoms with Crippen LogP contribution in [0.2, 0.25) is 5.02 Å². The highest BCUT2D eigenvalue weighted by Crippen LogP contribution is 2.24. The number of hydrogen-bond acceptors (Lipinski definition) is 6. The van der Waals surface area contributed by atoms with E-state index in [4.69, 9.17) is 11.6 Å². The molecule has 9 heteroatoms. The zero-order valence-corrected chi connectivity index (χ0v) is 14.7. The summed E-state index contributed by atoms with van der Waals surface area (Å²) < 4.78 is 5.99. The van der Waals surface area contributed by atoms with Gasteiger partial charge >= 0.3 is 0 Å². The summed E-state index contributed by atoms with van der Waals surface area (Å²) in [4.78, 5) is 18.8. The summed E-state index contributed by atoms with van der Waals surface area (Å²) >= 11 is 7.28. The largest absolute Gasteiger partial charge is 0.329 e. The molecule has 0 N–H and O–H groups in total. The molecule has 25 heavy (non-hydrogen) atoms. The fraction of sp³-hybridized carbons (Fsp3) is 0.188. The Morgan fingerprint density at radius 2 is 2.20 bits per heavy atom. The van der Waals surface area contributed by atoms with Crippen LogP contribution in [0.25, 0.3) is 16.9 Å². The van der Waals surface area contributed by atoms with Crippen LogP contribution in [0.1, 0.15) is 21.7 Å². The minimum absolute atomic E-state index is 0.0710. The van der Waals surface area contributed by atoms with E-state index in [1.54, 1.807) is 29.2 Å². The fourth-order valence-electron chi connectivity index (χ4n) is 2.83. The van der Waals surface area contributed by atoms with Crippen LogP contribution in [0.3, 0.4) is 0 Å². The number of aromatic nitrogens is 5. The molecule has 0 saturated carbocycles. The molecule has 0 atom stereocenters. The van der Waals surface area contributed by atoms with Crippen molar-refractivity contribution in [2.75, 3.05) is 6.54 Å². The second-order valence-corrected chi connectivity index (χ2v) is 6.72. The summed E-state index contributed by atoms with van der Waals surface area (Å²) in [6, 6.07) is 5.18. The van der Waals surface area contributed by atoms with Gasteiger partial charge in [0.2, 0.25) is 0 Å². The molecule has 0 saturated heterocycles. The number of hydrogen-bond donors (Lipinski definition) is 0. The van der Waals surface area contributed by atoms with Gasteiger partial charge < -0.3 is 9.47 Å². The molecule has 1 aliphatic rings. The SMILES string of the molecule is C=Cc1cc(Cl)ccc1C(=O)N1CCn2c(nnc2-c2ncns2)C1. The minimum atomic E-state index is -0.0710. The van der Waals surface area contributed by atoms with Crippen LogP contribution in [0.15, 0.2) is 31.1 Å². The average molecular weight is 373 g/mol. The number of benzene rings is 1. The summed E-state index contributed by atoms with van der Waals surface area (Å²) in [5.74, 6) is 1.36. The van der Waals surface area contributed by atoms with Gasteiger partial charge in [0, 0.05) is 23.7 Å². The van der Waals surface area contributed by atoms with Gasteiger partial charge in [0.25, 0.3) is 5.91 Å². The Morgan fingerprint density at radius 3 is 2.96 bits per heavy atom. The van der Waals surface area contributed by atoms with Crippen molar-refractivity contribution in [2.24, 2.45) is 0 Å². The molecule has 1 aromatic carbocycles. The molecule has 0 fully saturated rings. The molecular formula is C16H13ClN6OS. The number of fused-ring (bicyclic) bond motifs is 1. The first-order chi connectivity index (χ1) is 12.2. The maximum absolute atomic E-state index is 12.9. The first-order valence-electron chi connectivity index (χ1n) is 7.58. The molecule has 0 unspecified atom stereocenters. The molecule has 0 bridgehead atoms. The van der Waals surface area contributed by atoms with Crippen molar-refractivity contribution in [3.8, 4) is 10.8 Å². The normalized spacial score (nSPS) is 13.6. The van der Waals surface area contributed by atoms with Crippen LogP contribution in [0.5, 0.6) is 0 Å². The molecule has 4 rings (SSSR count). The van der Waals surface area contributed by atoms with Gasteiger partial charge in [-0.25, -0.2) is 4.98 Å². The van der Waals surface area contributed by atoms with E-state index in [1.165, 1.54) is 17.9 Å². The number of carbonyl (C=O) groups is 1. The first-order valence-corrected chi connectivity index (χ1v) is 8.73. The van der Waals surface area contributed by atoms with Crippen LogP contribution in [0, 0.1) is 0 Å². The lowest BCUT2D eigenvalue weighted by Crippen LogP contribution is -2.38. The fourth-order valence-corrected chi connectivity index (χ4v) is 3.53. The van der Waals surface area contributed by atoms with E-state index in [0.29, 0.717) is 36.0 Å². The van der Waals surface area contributed by atoms with Gasteiger partial charge in [-0.1, -0.05) is 24.3 Å². The standard InChI is InChI=1S/C16H13ClN6OS/c1-2-10-7-11(17)3-4-12(10)16(24)22-5-6-23-13(8-22)20-21-14(23)15-18-9-19-25-15/h2-4,7,9H,1,5-6,8H2. The molecule has 0 aliphatic carbocycles. The summed E-state index contributed by atoms with van der Waals surface area (Å²) in [5, 5.41) is 9.72. The highest BCUT2D eigenvalue weighted by molar-refractivity contribution is 7.08. The number of rotatable bonds is 3. The van der Waals surface area contributed by atoms with Crippen molar-refractivity contribution in [3.63, 3.8) is 0 Å². The quantitative estimate of drug-likeness (QED) is 0.706. The molecular weight excluding hydrogens is 360 g/mol. The van der Waals surface area contributed by atoms with Gasteiger partial charge in [-0.2, -0.15) is 4.37 Å². The molecule has 3 aromatic rings. The molecule has 0 spiro atoms. The third-order valence-corrected chi connectivity index (χ3v) is 4.95. The lowest BCUT2D eigenvalue weighted by atomic mass is 10.1. The van der Waals surface area contributed by atoms with E-state index in [1.807, 2.05) is 4.57 Å². The Kier molecular flexibility index (Phi) is 4.06. The second-order valence-electron chi connectivity index (χ2n) is 5.50. The van der Waals surface area contributed by atoms with Crippen LogP contribution in [-0.4, -0.2) is 41.5 Å². The smallest absolute Gasteiger partial charge is 0.254 e. The first kappa shape index (κ1) is 15.9. The Labute approximate surface area is 152 Å². The van der Waals surface area contributed by atoms with Crippen molar-refractivity contribution >= 4 is 35.1 Å².